The Bertz CT molecular complexity index is 2730. The van der Waals surface area contributed by atoms with E-state index in [0.717, 1.165) is 17.4 Å². The van der Waals surface area contributed by atoms with Crippen LogP contribution in [-0.4, -0.2) is 9.82 Å². The van der Waals surface area contributed by atoms with E-state index < -0.39 is 0 Å². The van der Waals surface area contributed by atoms with E-state index in [2.05, 4.69) is 152 Å². The van der Waals surface area contributed by atoms with Gasteiger partial charge >= 0.3 is 0 Å². The van der Waals surface area contributed by atoms with Crippen molar-refractivity contribution in [3.8, 4) is 16.8 Å². The summed E-state index contributed by atoms with van der Waals surface area (Å²) < 4.78 is 9.19. The summed E-state index contributed by atoms with van der Waals surface area (Å²) in [5.41, 5.74) is 13.9. The summed E-state index contributed by atoms with van der Waals surface area (Å²) in [4.78, 5) is 1.42. The van der Waals surface area contributed by atoms with E-state index in [0.29, 0.717) is 17.1 Å². The Hall–Kier alpha value is -4.99. The lowest BCUT2D eigenvalue weighted by atomic mass is 9.82. The first-order valence-corrected chi connectivity index (χ1v) is 18.0. The van der Waals surface area contributed by atoms with Crippen LogP contribution in [0.1, 0.15) is 42.9 Å². The van der Waals surface area contributed by atoms with Gasteiger partial charge < -0.3 is 8.98 Å². The van der Waals surface area contributed by atoms with Gasteiger partial charge in [-0.25, -0.2) is 0 Å². The van der Waals surface area contributed by atoms with Crippen LogP contribution in [0, 0.1) is 5.92 Å². The maximum absolute atomic E-state index is 6.71. The number of thioether (sulfide) groups is 1. The summed E-state index contributed by atoms with van der Waals surface area (Å²) in [6, 6.07) is 38.1. The van der Waals surface area contributed by atoms with Crippen LogP contribution < -0.4 is 10.6 Å². The van der Waals surface area contributed by atoms with Gasteiger partial charge in [-0.3, -0.25) is 0 Å². The molecule has 0 bridgehead atoms. The predicted molar refractivity (Wildman–Crippen MR) is 200 cm³/mol. The van der Waals surface area contributed by atoms with Crippen molar-refractivity contribution in [3.05, 3.63) is 154 Å². The number of hydrogen-bond acceptors (Lipinski definition) is 2. The molecule has 0 saturated carbocycles. The molecule has 0 saturated heterocycles. The lowest BCUT2D eigenvalue weighted by molar-refractivity contribution is 0.566. The second-order valence-corrected chi connectivity index (χ2v) is 15.5. The highest BCUT2D eigenvalue weighted by molar-refractivity contribution is 8.00. The van der Waals surface area contributed by atoms with E-state index in [-0.39, 0.29) is 5.41 Å². The minimum Gasteiger partial charge on any atom is -0.456 e. The van der Waals surface area contributed by atoms with E-state index in [1.54, 1.807) is 0 Å². The van der Waals surface area contributed by atoms with Gasteiger partial charge in [-0.1, -0.05) is 111 Å². The fourth-order valence-corrected chi connectivity index (χ4v) is 10.6. The van der Waals surface area contributed by atoms with Crippen LogP contribution in [0.25, 0.3) is 61.7 Å². The zero-order valence-electron chi connectivity index (χ0n) is 26.9. The van der Waals surface area contributed by atoms with Crippen LogP contribution in [0.2, 0.25) is 0 Å². The topological polar surface area (TPSA) is 18.1 Å². The van der Waals surface area contributed by atoms with Gasteiger partial charge in [0.1, 0.15) is 11.0 Å². The van der Waals surface area contributed by atoms with Gasteiger partial charge in [0, 0.05) is 43.4 Å². The third-order valence-electron chi connectivity index (χ3n) is 11.5. The van der Waals surface area contributed by atoms with E-state index in [1.165, 1.54) is 76.4 Å². The Kier molecular flexibility index (Phi) is 5.37. The Balaban J connectivity index is 1.11. The van der Waals surface area contributed by atoms with Gasteiger partial charge in [-0.2, -0.15) is 0 Å². The van der Waals surface area contributed by atoms with Crippen LogP contribution in [-0.2, 0) is 5.41 Å². The van der Waals surface area contributed by atoms with Crippen molar-refractivity contribution < 1.29 is 4.42 Å². The van der Waals surface area contributed by atoms with Crippen molar-refractivity contribution >= 4 is 56.7 Å². The third-order valence-corrected chi connectivity index (χ3v) is 12.8. The number of hydrogen-bond donors (Lipinski definition) is 0. The monoisotopic (exact) mass is 635 g/mol. The standard InChI is InChI=1S/C45H33NOS/c1-45(2)33-13-6-3-11-29(33)42-34(45)21-22-37-44(42)30-12-4-7-14-35(30)46(37)36-15-9-16-38-43(36)31-20-18-27(25-39(31)47-38)26-19-23-41-32(24-26)28-10-5-8-17-40(28)48-41/h3-17,19-25,27,32,41H,18H2,1-2H3. The molecular formula is C45H33NOS. The summed E-state index contributed by atoms with van der Waals surface area (Å²) in [5.74, 6) is 0.744. The zero-order chi connectivity index (χ0) is 31.7. The van der Waals surface area contributed by atoms with Gasteiger partial charge in [0.2, 0.25) is 0 Å². The third kappa shape index (κ3) is 3.50. The Labute approximate surface area is 283 Å². The predicted octanol–water partition coefficient (Wildman–Crippen LogP) is 10.2. The molecule has 3 unspecified atom stereocenters. The van der Waals surface area contributed by atoms with Crippen molar-refractivity contribution in [1.29, 1.82) is 0 Å². The van der Waals surface area contributed by atoms with E-state index in [4.69, 9.17) is 4.42 Å². The molecule has 0 spiro atoms. The largest absolute Gasteiger partial charge is 0.456 e. The minimum atomic E-state index is -0.0435. The van der Waals surface area contributed by atoms with Crippen LogP contribution in [0.15, 0.2) is 136 Å². The number of allylic oxidation sites excluding steroid dienone is 3. The average molecular weight is 636 g/mol. The lowest BCUT2D eigenvalue weighted by Crippen LogP contribution is -2.27. The van der Waals surface area contributed by atoms with E-state index >= 15 is 0 Å². The van der Waals surface area contributed by atoms with Crippen molar-refractivity contribution in [2.45, 2.75) is 41.7 Å². The molecule has 48 heavy (non-hydrogen) atoms. The van der Waals surface area contributed by atoms with Gasteiger partial charge in [0.25, 0.3) is 0 Å². The van der Waals surface area contributed by atoms with Crippen LogP contribution >= 0.6 is 11.8 Å². The van der Waals surface area contributed by atoms with Crippen LogP contribution in [0.5, 0.6) is 0 Å². The zero-order valence-corrected chi connectivity index (χ0v) is 27.7. The van der Waals surface area contributed by atoms with E-state index in [9.17, 15) is 0 Å². The molecule has 7 aromatic rings. The smallest absolute Gasteiger partial charge is 0.137 e. The Morgan fingerprint density at radius 3 is 2.58 bits per heavy atom. The van der Waals surface area contributed by atoms with Gasteiger partial charge in [-0.15, -0.1) is 11.8 Å². The molecule has 3 heterocycles. The first-order valence-electron chi connectivity index (χ1n) is 17.1. The van der Waals surface area contributed by atoms with Gasteiger partial charge in [0.15, 0.2) is 0 Å². The molecule has 0 N–H and O–H groups in total. The number of furan rings is 1. The maximum atomic E-state index is 6.71. The molecule has 0 fully saturated rings. The Morgan fingerprint density at radius 2 is 1.62 bits per heavy atom. The number of nitrogens with zero attached hydrogens (tertiary/aromatic N) is 1. The summed E-state index contributed by atoms with van der Waals surface area (Å²) in [7, 11) is 0. The fraction of sp³-hybridized carbons (Fsp3) is 0.156. The molecule has 2 nitrogen and oxygen atoms in total. The maximum Gasteiger partial charge on any atom is 0.137 e. The highest BCUT2D eigenvalue weighted by Crippen LogP contribution is 2.53. The molecular weight excluding hydrogens is 603 g/mol. The van der Waals surface area contributed by atoms with Crippen molar-refractivity contribution in [3.63, 3.8) is 0 Å². The Morgan fingerprint density at radius 1 is 0.771 bits per heavy atom. The number of rotatable bonds is 2. The lowest BCUT2D eigenvalue weighted by Gasteiger charge is -2.23. The number of benzene rings is 5. The number of fused-ring (bicyclic) bond motifs is 13. The molecule has 0 amide bonds. The van der Waals surface area contributed by atoms with Gasteiger partial charge in [0.05, 0.1) is 22.1 Å². The second kappa shape index (κ2) is 9.55. The molecule has 3 aliphatic carbocycles. The first kappa shape index (κ1) is 27.0. The average Bonchev–Trinajstić information content (AvgIpc) is 3.84. The fourth-order valence-electron chi connectivity index (χ4n) is 9.24. The van der Waals surface area contributed by atoms with E-state index in [1.807, 2.05) is 11.8 Å². The van der Waals surface area contributed by atoms with Crippen LogP contribution in [0.3, 0.4) is 0 Å². The molecule has 230 valence electrons. The molecule has 3 atom stereocenters. The summed E-state index contributed by atoms with van der Waals surface area (Å²) in [6.45, 7) is 4.73. The highest BCUT2D eigenvalue weighted by Gasteiger charge is 2.37. The summed E-state index contributed by atoms with van der Waals surface area (Å²) >= 11 is 1.99. The summed E-state index contributed by atoms with van der Waals surface area (Å²) in [6.07, 6.45) is 13.1. The van der Waals surface area contributed by atoms with Crippen molar-refractivity contribution in [1.82, 2.24) is 4.57 Å². The SMILES string of the molecule is CC1(C)c2ccccc2-c2c1ccc1c2c2ccccc2n1-c1cccc2oc3c(c12)=CCC(C1=CC2c4ccccc4SC2C=C1)C=3. The quantitative estimate of drug-likeness (QED) is 0.188. The van der Waals surface area contributed by atoms with Crippen molar-refractivity contribution in [2.24, 2.45) is 5.92 Å². The normalized spacial score (nSPS) is 21.3. The van der Waals surface area contributed by atoms with Crippen molar-refractivity contribution in [2.75, 3.05) is 0 Å². The van der Waals surface area contributed by atoms with Gasteiger partial charge in [-0.05, 0) is 76.2 Å². The molecule has 0 radical (unpaired) electrons. The molecule has 1 aliphatic heterocycles. The number of para-hydroxylation sites is 1. The molecule has 11 rings (SSSR count). The molecule has 4 aliphatic rings. The first-order chi connectivity index (χ1) is 23.6. The second-order valence-electron chi connectivity index (χ2n) is 14.3. The number of aromatic nitrogens is 1. The molecule has 2 aromatic heterocycles. The highest BCUT2D eigenvalue weighted by atomic mass is 32.2. The molecule has 5 aromatic carbocycles. The van der Waals surface area contributed by atoms with Crippen LogP contribution in [0.4, 0.5) is 0 Å². The summed E-state index contributed by atoms with van der Waals surface area (Å²) in [5, 5.41) is 5.54. The minimum absolute atomic E-state index is 0.0435. The molecule has 3 heteroatoms.